The van der Waals surface area contributed by atoms with E-state index in [1.54, 1.807) is 0 Å². The number of benzene rings is 1. The molecule has 0 aromatic heterocycles. The molecule has 2 aliphatic heterocycles. The first-order valence-electron chi connectivity index (χ1n) is 9.60. The van der Waals surface area contributed by atoms with Gasteiger partial charge in [-0.1, -0.05) is 44.9 Å². The topological polar surface area (TPSA) is 40.6 Å². The summed E-state index contributed by atoms with van der Waals surface area (Å²) in [5.41, 5.74) is 1.32. The lowest BCUT2D eigenvalue weighted by Gasteiger charge is -2.39. The van der Waals surface area contributed by atoms with Crippen LogP contribution in [0.25, 0.3) is 0 Å². The standard InChI is InChI=1S/C21H30N2O2/c1-5-7-13-21(14-16(24)10-6-2)17-11-8-9-12-18(17)22-15-20(3,4)19(25)23(21)22/h8-9,11-12H,5-7,10,13-15H2,1-4H3. The second kappa shape index (κ2) is 6.47. The highest BCUT2D eigenvalue weighted by Gasteiger charge is 2.59. The number of anilines is 1. The number of fused-ring (bicyclic) bond motifs is 3. The predicted molar refractivity (Wildman–Crippen MR) is 100 cm³/mol. The summed E-state index contributed by atoms with van der Waals surface area (Å²) in [7, 11) is 0. The third-order valence-corrected chi connectivity index (χ3v) is 5.61. The summed E-state index contributed by atoms with van der Waals surface area (Å²) in [4.78, 5) is 25.9. The minimum atomic E-state index is -0.510. The van der Waals surface area contributed by atoms with Crippen molar-refractivity contribution in [3.05, 3.63) is 29.8 Å². The number of unbranched alkanes of at least 4 members (excludes halogenated alkanes) is 1. The maximum Gasteiger partial charge on any atom is 0.249 e. The molecule has 1 fully saturated rings. The van der Waals surface area contributed by atoms with E-state index in [2.05, 4.69) is 24.1 Å². The number of carbonyl (C=O) groups is 2. The Balaban J connectivity index is 2.12. The van der Waals surface area contributed by atoms with Crippen LogP contribution in [0.1, 0.15) is 71.8 Å². The van der Waals surface area contributed by atoms with Crippen LogP contribution in [0.2, 0.25) is 0 Å². The smallest absolute Gasteiger partial charge is 0.249 e. The summed E-state index contributed by atoms with van der Waals surface area (Å²) in [6.45, 7) is 8.90. The summed E-state index contributed by atoms with van der Waals surface area (Å²) >= 11 is 0. The Morgan fingerprint density at radius 3 is 2.56 bits per heavy atom. The van der Waals surface area contributed by atoms with Gasteiger partial charge in [0.2, 0.25) is 5.91 Å². The first-order chi connectivity index (χ1) is 11.9. The van der Waals surface area contributed by atoms with Crippen molar-refractivity contribution in [2.75, 3.05) is 11.6 Å². The number of carbonyl (C=O) groups excluding carboxylic acids is 2. The van der Waals surface area contributed by atoms with Crippen LogP contribution >= 0.6 is 0 Å². The fourth-order valence-corrected chi connectivity index (χ4v) is 4.40. The van der Waals surface area contributed by atoms with E-state index in [9.17, 15) is 9.59 Å². The van der Waals surface area contributed by atoms with Gasteiger partial charge in [-0.25, -0.2) is 5.01 Å². The first kappa shape index (κ1) is 18.0. The average Bonchev–Trinajstić information content (AvgIpc) is 2.96. The monoisotopic (exact) mass is 342 g/mol. The molecule has 0 aliphatic carbocycles. The minimum Gasteiger partial charge on any atom is -0.300 e. The van der Waals surface area contributed by atoms with Crippen LogP contribution in [0, 0.1) is 5.41 Å². The van der Waals surface area contributed by atoms with Crippen molar-refractivity contribution >= 4 is 17.4 Å². The van der Waals surface area contributed by atoms with Gasteiger partial charge in [0.15, 0.2) is 0 Å². The van der Waals surface area contributed by atoms with E-state index in [1.165, 1.54) is 0 Å². The van der Waals surface area contributed by atoms with E-state index >= 15 is 0 Å². The Bertz CT molecular complexity index is 682. The van der Waals surface area contributed by atoms with Gasteiger partial charge in [0.1, 0.15) is 5.78 Å². The molecule has 1 unspecified atom stereocenters. The number of Topliss-reactive ketones (excluding diaryl/α,β-unsaturated/α-hetero) is 1. The molecule has 1 amide bonds. The third kappa shape index (κ3) is 2.76. The largest absolute Gasteiger partial charge is 0.300 e. The number of hydrogen-bond donors (Lipinski definition) is 0. The van der Waals surface area contributed by atoms with Gasteiger partial charge in [0.05, 0.1) is 23.2 Å². The second-order valence-corrected chi connectivity index (χ2v) is 8.18. The molecule has 136 valence electrons. The molecule has 4 heteroatoms. The molecule has 3 rings (SSSR count). The summed E-state index contributed by atoms with van der Waals surface area (Å²) in [6, 6.07) is 8.26. The number of hydrazine groups is 1. The molecular weight excluding hydrogens is 312 g/mol. The zero-order valence-electron chi connectivity index (χ0n) is 16.0. The highest BCUT2D eigenvalue weighted by molar-refractivity contribution is 5.92. The van der Waals surface area contributed by atoms with Crippen LogP contribution in [0.5, 0.6) is 0 Å². The molecule has 2 aliphatic rings. The van der Waals surface area contributed by atoms with Gasteiger partial charge in [-0.3, -0.25) is 14.6 Å². The zero-order chi connectivity index (χ0) is 18.2. The fraction of sp³-hybridized carbons (Fsp3) is 0.619. The molecule has 1 saturated heterocycles. The van der Waals surface area contributed by atoms with E-state index in [0.717, 1.165) is 36.9 Å². The molecular formula is C21H30N2O2. The van der Waals surface area contributed by atoms with E-state index in [1.807, 2.05) is 37.9 Å². The van der Waals surface area contributed by atoms with Gasteiger partial charge >= 0.3 is 0 Å². The molecule has 0 radical (unpaired) electrons. The van der Waals surface area contributed by atoms with Crippen molar-refractivity contribution in [3.8, 4) is 0 Å². The Morgan fingerprint density at radius 1 is 1.16 bits per heavy atom. The predicted octanol–water partition coefficient (Wildman–Crippen LogP) is 4.43. The van der Waals surface area contributed by atoms with E-state index in [4.69, 9.17) is 0 Å². The summed E-state index contributed by atoms with van der Waals surface area (Å²) in [5, 5.41) is 4.08. The molecule has 25 heavy (non-hydrogen) atoms. The lowest BCUT2D eigenvalue weighted by Crippen LogP contribution is -2.50. The second-order valence-electron chi connectivity index (χ2n) is 8.18. The van der Waals surface area contributed by atoms with Crippen LogP contribution in [-0.2, 0) is 15.1 Å². The number of rotatable bonds is 7. The Morgan fingerprint density at radius 2 is 1.88 bits per heavy atom. The normalized spacial score (nSPS) is 23.8. The van der Waals surface area contributed by atoms with Crippen molar-refractivity contribution in [2.45, 2.75) is 71.8 Å². The van der Waals surface area contributed by atoms with E-state index in [0.29, 0.717) is 19.4 Å². The van der Waals surface area contributed by atoms with Gasteiger partial charge in [0, 0.05) is 18.4 Å². The zero-order valence-corrected chi connectivity index (χ0v) is 16.0. The third-order valence-electron chi connectivity index (χ3n) is 5.61. The van der Waals surface area contributed by atoms with Crippen molar-refractivity contribution in [1.29, 1.82) is 0 Å². The van der Waals surface area contributed by atoms with Gasteiger partial charge in [-0.15, -0.1) is 0 Å². The first-order valence-corrected chi connectivity index (χ1v) is 9.60. The Hall–Kier alpha value is -1.84. The maximum absolute atomic E-state index is 13.3. The van der Waals surface area contributed by atoms with Crippen LogP contribution < -0.4 is 5.01 Å². The van der Waals surface area contributed by atoms with Crippen molar-refractivity contribution in [3.63, 3.8) is 0 Å². The Labute approximate surface area is 151 Å². The van der Waals surface area contributed by atoms with Gasteiger partial charge in [-0.2, -0.15) is 0 Å². The number of nitrogens with zero attached hydrogens (tertiary/aromatic N) is 2. The summed E-state index contributed by atoms with van der Waals surface area (Å²) in [5.74, 6) is 0.400. The average molecular weight is 342 g/mol. The Kier molecular flexibility index (Phi) is 4.65. The van der Waals surface area contributed by atoms with E-state index in [-0.39, 0.29) is 11.7 Å². The van der Waals surface area contributed by atoms with Crippen LogP contribution in [0.3, 0.4) is 0 Å². The van der Waals surface area contributed by atoms with Crippen LogP contribution in [0.4, 0.5) is 5.69 Å². The molecule has 0 bridgehead atoms. The fourth-order valence-electron chi connectivity index (χ4n) is 4.40. The van der Waals surface area contributed by atoms with Crippen LogP contribution in [0.15, 0.2) is 24.3 Å². The van der Waals surface area contributed by atoms with Crippen molar-refractivity contribution in [1.82, 2.24) is 5.01 Å². The summed E-state index contributed by atoms with van der Waals surface area (Å²) in [6.07, 6.45) is 4.77. The molecule has 1 atom stereocenters. The molecule has 0 saturated carbocycles. The SMILES string of the molecule is CCCCC1(CC(=O)CCC)c2ccccc2N2CC(C)(C)C(=O)N21. The van der Waals surface area contributed by atoms with Gasteiger partial charge in [-0.05, 0) is 32.8 Å². The van der Waals surface area contributed by atoms with E-state index < -0.39 is 11.0 Å². The number of ketones is 1. The lowest BCUT2D eigenvalue weighted by atomic mass is 9.78. The quantitative estimate of drug-likeness (QED) is 0.736. The molecule has 4 nitrogen and oxygen atoms in total. The lowest BCUT2D eigenvalue weighted by molar-refractivity contribution is -0.142. The number of hydrogen-bond acceptors (Lipinski definition) is 3. The van der Waals surface area contributed by atoms with Crippen molar-refractivity contribution < 1.29 is 9.59 Å². The maximum atomic E-state index is 13.3. The number of para-hydroxylation sites is 1. The van der Waals surface area contributed by atoms with Gasteiger partial charge < -0.3 is 0 Å². The molecule has 1 aromatic carbocycles. The van der Waals surface area contributed by atoms with Crippen molar-refractivity contribution in [2.24, 2.45) is 5.41 Å². The molecule has 1 aromatic rings. The van der Waals surface area contributed by atoms with Crippen LogP contribution in [-0.4, -0.2) is 23.2 Å². The summed E-state index contributed by atoms with van der Waals surface area (Å²) < 4.78 is 0. The molecule has 0 N–H and O–H groups in total. The highest BCUT2D eigenvalue weighted by Crippen LogP contribution is 2.54. The number of amides is 1. The molecule has 0 spiro atoms. The highest BCUT2D eigenvalue weighted by atomic mass is 16.2. The molecule has 2 heterocycles. The van der Waals surface area contributed by atoms with Gasteiger partial charge in [0.25, 0.3) is 0 Å². The minimum absolute atomic E-state index is 0.143.